The molecule has 4 heteroatoms. The molecule has 4 nitrogen and oxygen atoms in total. The lowest BCUT2D eigenvalue weighted by atomic mass is 9.76. The highest BCUT2D eigenvalue weighted by Crippen LogP contribution is 2.38. The zero-order valence-electron chi connectivity index (χ0n) is 18.2. The molecule has 0 bridgehead atoms. The molecule has 0 aromatic heterocycles. The maximum Gasteiger partial charge on any atom is 0.123 e. The van der Waals surface area contributed by atoms with Gasteiger partial charge in [-0.05, 0) is 35.3 Å². The van der Waals surface area contributed by atoms with Gasteiger partial charge in [-0.25, -0.2) is 0 Å². The molecule has 0 amide bonds. The summed E-state index contributed by atoms with van der Waals surface area (Å²) in [5.74, 6) is 0.901. The van der Waals surface area contributed by atoms with Gasteiger partial charge in [-0.2, -0.15) is 0 Å². The summed E-state index contributed by atoms with van der Waals surface area (Å²) in [6, 6.07) is 6.60. The minimum atomic E-state index is -0.493. The molecule has 0 spiro atoms. The number of nitrogens with zero attached hydrogens (tertiary/aromatic N) is 1. The van der Waals surface area contributed by atoms with Crippen molar-refractivity contribution in [3.8, 4) is 5.75 Å². The van der Waals surface area contributed by atoms with Crippen LogP contribution in [0, 0.1) is 0 Å². The lowest BCUT2D eigenvalue weighted by Gasteiger charge is -2.31. The van der Waals surface area contributed by atoms with Crippen LogP contribution in [-0.2, 0) is 15.6 Å². The molecule has 1 aromatic carbocycles. The third-order valence-corrected chi connectivity index (χ3v) is 6.26. The van der Waals surface area contributed by atoms with Crippen LogP contribution in [0.1, 0.15) is 65.5 Å². The van der Waals surface area contributed by atoms with E-state index in [4.69, 9.17) is 9.47 Å². The predicted octanol–water partition coefficient (Wildman–Crippen LogP) is 4.13. The Hall–Kier alpha value is -1.10. The van der Waals surface area contributed by atoms with Gasteiger partial charge in [-0.1, -0.05) is 53.7 Å². The molecule has 0 aliphatic carbocycles. The molecule has 1 heterocycles. The van der Waals surface area contributed by atoms with Gasteiger partial charge in [0.25, 0.3) is 0 Å². The molecule has 1 aromatic rings. The van der Waals surface area contributed by atoms with Gasteiger partial charge >= 0.3 is 0 Å². The van der Waals surface area contributed by atoms with Crippen LogP contribution in [0.2, 0.25) is 0 Å². The van der Waals surface area contributed by atoms with E-state index in [2.05, 4.69) is 64.6 Å². The molecule has 1 fully saturated rings. The van der Waals surface area contributed by atoms with Gasteiger partial charge in [0.15, 0.2) is 0 Å². The molecule has 1 aliphatic heterocycles. The number of aliphatic hydroxyl groups is 1. The van der Waals surface area contributed by atoms with Crippen molar-refractivity contribution in [2.45, 2.75) is 71.3 Å². The molecule has 0 radical (unpaired) electrons. The van der Waals surface area contributed by atoms with Crippen molar-refractivity contribution in [3.05, 3.63) is 29.3 Å². The quantitative estimate of drug-likeness (QED) is 0.702. The molecule has 1 atom stereocenters. The second-order valence-electron chi connectivity index (χ2n) is 9.06. The zero-order chi connectivity index (χ0) is 20.1. The Bertz CT molecular complexity index is 591. The smallest absolute Gasteiger partial charge is 0.123 e. The van der Waals surface area contributed by atoms with Crippen molar-refractivity contribution < 1.29 is 14.6 Å². The molecule has 0 saturated carbocycles. The van der Waals surface area contributed by atoms with E-state index >= 15 is 0 Å². The summed E-state index contributed by atoms with van der Waals surface area (Å²) < 4.78 is 11.5. The van der Waals surface area contributed by atoms with Gasteiger partial charge in [0.05, 0.1) is 13.2 Å². The lowest BCUT2D eigenvalue weighted by Crippen LogP contribution is -2.42. The van der Waals surface area contributed by atoms with Crippen LogP contribution in [0.3, 0.4) is 0 Å². The fourth-order valence-corrected chi connectivity index (χ4v) is 3.32. The summed E-state index contributed by atoms with van der Waals surface area (Å²) in [5, 5.41) is 10.4. The fourth-order valence-electron chi connectivity index (χ4n) is 3.32. The molecule has 27 heavy (non-hydrogen) atoms. The van der Waals surface area contributed by atoms with Crippen molar-refractivity contribution >= 4 is 0 Å². The highest BCUT2D eigenvalue weighted by atomic mass is 16.5. The molecule has 1 saturated heterocycles. The van der Waals surface area contributed by atoms with Crippen molar-refractivity contribution in [1.29, 1.82) is 0 Å². The Morgan fingerprint density at radius 1 is 1.07 bits per heavy atom. The van der Waals surface area contributed by atoms with Crippen molar-refractivity contribution in [1.82, 2.24) is 4.90 Å². The second-order valence-corrected chi connectivity index (χ2v) is 9.06. The van der Waals surface area contributed by atoms with E-state index in [-0.39, 0.29) is 10.8 Å². The number of rotatable bonds is 9. The second kappa shape index (κ2) is 9.40. The number of ether oxygens (including phenoxy) is 2. The van der Waals surface area contributed by atoms with Crippen LogP contribution in [0.15, 0.2) is 18.2 Å². The Balaban J connectivity index is 2.12. The number of benzene rings is 1. The molecule has 154 valence electrons. The summed E-state index contributed by atoms with van der Waals surface area (Å²) in [6.45, 7) is 17.8. The maximum absolute atomic E-state index is 10.4. The van der Waals surface area contributed by atoms with E-state index in [1.165, 1.54) is 11.1 Å². The average molecular weight is 378 g/mol. The summed E-state index contributed by atoms with van der Waals surface area (Å²) in [4.78, 5) is 2.24. The number of morpholine rings is 1. The number of aliphatic hydroxyl groups excluding tert-OH is 1. The summed E-state index contributed by atoms with van der Waals surface area (Å²) >= 11 is 0. The number of β-amino-alcohol motifs (C(OH)–C–C–N with tert-alkyl or cyclic N) is 1. The van der Waals surface area contributed by atoms with E-state index in [1.54, 1.807) is 0 Å². The van der Waals surface area contributed by atoms with Gasteiger partial charge in [0.1, 0.15) is 18.5 Å². The summed E-state index contributed by atoms with van der Waals surface area (Å²) in [5.41, 5.74) is 2.77. The monoisotopic (exact) mass is 377 g/mol. The van der Waals surface area contributed by atoms with E-state index in [1.807, 2.05) is 0 Å². The van der Waals surface area contributed by atoms with Gasteiger partial charge in [0, 0.05) is 25.2 Å². The van der Waals surface area contributed by atoms with E-state index in [0.29, 0.717) is 13.2 Å². The minimum absolute atomic E-state index is 0.0321. The highest BCUT2D eigenvalue weighted by molar-refractivity contribution is 5.44. The zero-order valence-corrected chi connectivity index (χ0v) is 18.2. The molecular formula is C23H39NO3. The topological polar surface area (TPSA) is 41.9 Å². The SMILES string of the molecule is CCC(C)(C)c1ccc(OCC(O)CN2CCOCC2)c(C(C)(C)CC)c1. The Morgan fingerprint density at radius 2 is 1.70 bits per heavy atom. The van der Waals surface area contributed by atoms with Crippen LogP contribution < -0.4 is 4.74 Å². The van der Waals surface area contributed by atoms with Crippen molar-refractivity contribution in [2.24, 2.45) is 0 Å². The lowest BCUT2D eigenvalue weighted by molar-refractivity contribution is 0.00448. The Kier molecular flexibility index (Phi) is 7.73. The first-order valence-electron chi connectivity index (χ1n) is 10.5. The van der Waals surface area contributed by atoms with Crippen LogP contribution in [0.25, 0.3) is 0 Å². The Labute approximate surface area is 165 Å². The normalized spacial score (nSPS) is 17.7. The first-order chi connectivity index (χ1) is 12.7. The standard InChI is InChI=1S/C23H39NO3/c1-7-22(3,4)18-9-10-21(20(15-18)23(5,6)8-2)27-17-19(25)16-24-11-13-26-14-12-24/h9-10,15,19,25H,7-8,11-14,16-17H2,1-6H3. The first kappa shape index (κ1) is 22.2. The molecule has 1 N–H and O–H groups in total. The van der Waals surface area contributed by atoms with Crippen LogP contribution in [0.4, 0.5) is 0 Å². The predicted molar refractivity (Wildman–Crippen MR) is 112 cm³/mol. The van der Waals surface area contributed by atoms with Gasteiger partial charge in [0.2, 0.25) is 0 Å². The highest BCUT2D eigenvalue weighted by Gasteiger charge is 2.27. The van der Waals surface area contributed by atoms with E-state index < -0.39 is 6.10 Å². The molecule has 2 rings (SSSR count). The minimum Gasteiger partial charge on any atom is -0.491 e. The summed E-state index contributed by atoms with van der Waals surface area (Å²) in [7, 11) is 0. The van der Waals surface area contributed by atoms with Gasteiger partial charge in [-0.3, -0.25) is 4.90 Å². The van der Waals surface area contributed by atoms with E-state index in [0.717, 1.165) is 44.9 Å². The molecule has 1 unspecified atom stereocenters. The first-order valence-corrected chi connectivity index (χ1v) is 10.5. The summed E-state index contributed by atoms with van der Waals surface area (Å²) in [6.07, 6.45) is 1.64. The largest absolute Gasteiger partial charge is 0.491 e. The van der Waals surface area contributed by atoms with Crippen molar-refractivity contribution in [2.75, 3.05) is 39.5 Å². The van der Waals surface area contributed by atoms with Gasteiger partial charge in [-0.15, -0.1) is 0 Å². The fraction of sp³-hybridized carbons (Fsp3) is 0.739. The third-order valence-electron chi connectivity index (χ3n) is 6.26. The number of hydrogen-bond acceptors (Lipinski definition) is 4. The molecule has 1 aliphatic rings. The Morgan fingerprint density at radius 3 is 2.30 bits per heavy atom. The third kappa shape index (κ3) is 5.94. The van der Waals surface area contributed by atoms with Gasteiger partial charge < -0.3 is 14.6 Å². The maximum atomic E-state index is 10.4. The van der Waals surface area contributed by atoms with E-state index in [9.17, 15) is 5.11 Å². The number of hydrogen-bond donors (Lipinski definition) is 1. The molecular weight excluding hydrogens is 338 g/mol. The van der Waals surface area contributed by atoms with Crippen LogP contribution >= 0.6 is 0 Å². The van der Waals surface area contributed by atoms with Crippen LogP contribution in [-0.4, -0.2) is 55.6 Å². The van der Waals surface area contributed by atoms with Crippen molar-refractivity contribution in [3.63, 3.8) is 0 Å². The average Bonchev–Trinajstić information content (AvgIpc) is 2.67. The van der Waals surface area contributed by atoms with Crippen LogP contribution in [0.5, 0.6) is 5.75 Å².